The predicted octanol–water partition coefficient (Wildman–Crippen LogP) is 7.19. The number of ether oxygens (including phenoxy) is 1. The van der Waals surface area contributed by atoms with Crippen molar-refractivity contribution in [1.29, 1.82) is 0 Å². The van der Waals surface area contributed by atoms with Crippen LogP contribution in [0.4, 0.5) is 0 Å². The molecule has 1 nitrogen and oxygen atoms in total. The molecule has 0 fully saturated rings. The van der Waals surface area contributed by atoms with Gasteiger partial charge in [-0.25, -0.2) is 0 Å². The molecule has 0 unspecified atom stereocenters. The average molecular weight is 475 g/mol. The molecule has 0 aliphatic heterocycles. The van der Waals surface area contributed by atoms with E-state index in [1.807, 2.05) is 6.92 Å². The summed E-state index contributed by atoms with van der Waals surface area (Å²) in [6, 6.07) is 34.2. The molecule has 0 aliphatic carbocycles. The van der Waals surface area contributed by atoms with Gasteiger partial charge in [0.2, 0.25) is 0 Å². The van der Waals surface area contributed by atoms with E-state index in [1.54, 1.807) is 0 Å². The molecule has 0 atom stereocenters. The molecule has 4 aromatic carbocycles. The first-order chi connectivity index (χ1) is 15.9. The van der Waals surface area contributed by atoms with Gasteiger partial charge in [0.1, 0.15) is 0 Å². The van der Waals surface area contributed by atoms with Crippen molar-refractivity contribution in [1.82, 2.24) is 0 Å². The molecule has 0 radical (unpaired) electrons. The Morgan fingerprint density at radius 2 is 1.09 bits per heavy atom. The number of rotatable bonds is 7. The summed E-state index contributed by atoms with van der Waals surface area (Å²) in [7, 11) is 0. The Bertz CT molecular complexity index is 1140. The molecule has 0 N–H and O–H groups in total. The van der Waals surface area contributed by atoms with Gasteiger partial charge < -0.3 is 0 Å². The average Bonchev–Trinajstić information content (AvgIpc) is 2.87. The molecule has 0 heterocycles. The second kappa shape index (κ2) is 9.34. The fraction of sp³-hybridized carbons (Fsp3) is 0.200. The molecule has 3 heteroatoms. The Balaban J connectivity index is 2.09. The van der Waals surface area contributed by atoms with Crippen LogP contribution in [0.3, 0.4) is 0 Å². The van der Waals surface area contributed by atoms with Gasteiger partial charge in [-0.1, -0.05) is 0 Å². The van der Waals surface area contributed by atoms with Gasteiger partial charge >= 0.3 is 203 Å². The molecule has 0 amide bonds. The Morgan fingerprint density at radius 1 is 0.667 bits per heavy atom. The van der Waals surface area contributed by atoms with Gasteiger partial charge in [-0.3, -0.25) is 0 Å². The first kappa shape index (κ1) is 23.6. The number of hydrogen-bond donors (Lipinski definition) is 0. The first-order valence-electron chi connectivity index (χ1n) is 11.5. The summed E-state index contributed by atoms with van der Waals surface area (Å²) in [5.74, 6) is -2.41. The van der Waals surface area contributed by atoms with Crippen molar-refractivity contribution in [2.24, 2.45) is 0 Å². The van der Waals surface area contributed by atoms with Crippen molar-refractivity contribution in [2.75, 3.05) is 6.61 Å². The minimum atomic E-state index is -3.38. The van der Waals surface area contributed by atoms with E-state index in [4.69, 9.17) is 16.0 Å². The summed E-state index contributed by atoms with van der Waals surface area (Å²) in [5.41, 5.74) is 4.98. The van der Waals surface area contributed by atoms with Crippen LogP contribution in [0.25, 0.3) is 0 Å². The van der Waals surface area contributed by atoms with Crippen molar-refractivity contribution in [2.45, 2.75) is 33.9 Å². The van der Waals surface area contributed by atoms with Crippen LogP contribution in [0.5, 0.6) is 5.75 Å². The molecule has 0 saturated heterocycles. The number of aryl methyl sites for hydroxylation is 1. The Kier molecular flexibility index (Phi) is 6.66. The van der Waals surface area contributed by atoms with E-state index < -0.39 is 5.96 Å². The van der Waals surface area contributed by atoms with Gasteiger partial charge in [-0.05, 0) is 0 Å². The number of hydrogen-bond acceptors (Lipinski definition) is 1. The zero-order valence-corrected chi connectivity index (χ0v) is 21.5. The summed E-state index contributed by atoms with van der Waals surface area (Å²) in [6.45, 7) is 9.23. The van der Waals surface area contributed by atoms with Crippen molar-refractivity contribution >= 4 is 33.1 Å². The van der Waals surface area contributed by atoms with Gasteiger partial charge in [0.25, 0.3) is 0 Å². The molecule has 0 aromatic heterocycles. The third kappa shape index (κ3) is 3.99. The molecule has 33 heavy (non-hydrogen) atoms. The number of halogens is 1. The third-order valence-corrected chi connectivity index (χ3v) is 14.0. The van der Waals surface area contributed by atoms with Crippen molar-refractivity contribution in [3.63, 3.8) is 0 Å². The summed E-state index contributed by atoms with van der Waals surface area (Å²) in [5, 5.41) is 3.56. The fourth-order valence-corrected chi connectivity index (χ4v) is 11.2. The van der Waals surface area contributed by atoms with Crippen LogP contribution in [-0.2, 0) is 6.16 Å². The van der Waals surface area contributed by atoms with Crippen LogP contribution in [0.15, 0.2) is 97.1 Å². The molecular formula is C30H32ClOP. The van der Waals surface area contributed by atoms with E-state index in [9.17, 15) is 0 Å². The van der Waals surface area contributed by atoms with E-state index in [-0.39, 0.29) is 0 Å². The molecule has 0 aliphatic rings. The molecule has 4 aromatic rings. The van der Waals surface area contributed by atoms with Crippen LogP contribution in [0, 0.1) is 20.8 Å². The first-order valence-corrected chi connectivity index (χ1v) is 14.8. The monoisotopic (exact) mass is 474 g/mol. The van der Waals surface area contributed by atoms with E-state index in [0.29, 0.717) is 6.61 Å². The molecule has 0 bridgehead atoms. The standard InChI is InChI=1S/C30H32ClOP/c1-5-32-30-21-23(2)29(24(3)25(30)4)22-33(31,26-15-9-6-10-16-26,27-17-11-7-12-18-27)28-19-13-8-14-20-28/h6-21H,5,22H2,1-4H3. The van der Waals surface area contributed by atoms with Crippen molar-refractivity contribution < 1.29 is 4.74 Å². The molecule has 0 spiro atoms. The van der Waals surface area contributed by atoms with E-state index in [1.165, 1.54) is 38.2 Å². The Morgan fingerprint density at radius 3 is 1.48 bits per heavy atom. The van der Waals surface area contributed by atoms with Crippen LogP contribution in [0.2, 0.25) is 0 Å². The van der Waals surface area contributed by atoms with Gasteiger partial charge in [-0.15, -0.1) is 0 Å². The predicted molar refractivity (Wildman–Crippen MR) is 147 cm³/mol. The molecular weight excluding hydrogens is 443 g/mol. The van der Waals surface area contributed by atoms with Crippen molar-refractivity contribution in [3.05, 3.63) is 119 Å². The zero-order valence-electron chi connectivity index (χ0n) is 19.9. The van der Waals surface area contributed by atoms with Crippen LogP contribution < -0.4 is 20.7 Å². The Hall–Kier alpha value is -2.60. The molecule has 0 saturated carbocycles. The normalized spacial score (nSPS) is 12.7. The van der Waals surface area contributed by atoms with Crippen LogP contribution >= 0.6 is 17.2 Å². The summed E-state index contributed by atoms with van der Waals surface area (Å²) < 4.78 is 5.94. The minimum absolute atomic E-state index is 0.659. The fourth-order valence-electron chi connectivity index (χ4n) is 4.88. The van der Waals surface area contributed by atoms with Gasteiger partial charge in [0.15, 0.2) is 0 Å². The topological polar surface area (TPSA) is 9.23 Å². The van der Waals surface area contributed by atoms with Crippen molar-refractivity contribution in [3.8, 4) is 5.75 Å². The number of benzene rings is 4. The van der Waals surface area contributed by atoms with Crippen LogP contribution in [0.1, 0.15) is 29.2 Å². The SMILES string of the molecule is CCOc1cc(C)c(CP(Cl)(c2ccccc2)(c2ccccc2)c2ccccc2)c(C)c1C. The third-order valence-electron chi connectivity index (χ3n) is 6.85. The van der Waals surface area contributed by atoms with Gasteiger partial charge in [0.05, 0.1) is 0 Å². The second-order valence-corrected chi connectivity index (χ2v) is 15.2. The molecule has 170 valence electrons. The summed E-state index contributed by atoms with van der Waals surface area (Å²) in [6.07, 6.45) is 0.746. The van der Waals surface area contributed by atoms with Crippen LogP contribution in [-0.4, -0.2) is 6.61 Å². The second-order valence-electron chi connectivity index (χ2n) is 8.70. The van der Waals surface area contributed by atoms with E-state index in [0.717, 1.165) is 11.9 Å². The molecule has 4 rings (SSSR count). The van der Waals surface area contributed by atoms with Gasteiger partial charge in [-0.2, -0.15) is 0 Å². The quantitative estimate of drug-likeness (QED) is 0.257. The summed E-state index contributed by atoms with van der Waals surface area (Å²) >= 11 is 8.31. The maximum absolute atomic E-state index is 8.31. The van der Waals surface area contributed by atoms with E-state index >= 15 is 0 Å². The van der Waals surface area contributed by atoms with Gasteiger partial charge in [0, 0.05) is 0 Å². The Labute approximate surface area is 203 Å². The zero-order chi connectivity index (χ0) is 23.5. The summed E-state index contributed by atoms with van der Waals surface area (Å²) in [4.78, 5) is 0. The van der Waals surface area contributed by atoms with E-state index in [2.05, 4.69) is 118 Å². The maximum atomic E-state index is 8.31.